The maximum atomic E-state index is 13.5. The van der Waals surface area contributed by atoms with E-state index in [0.717, 1.165) is 22.2 Å². The average molecular weight is 724 g/mol. The second-order valence-corrected chi connectivity index (χ2v) is 16.6. The number of ether oxygens (including phenoxy) is 2. The largest absolute Gasteiger partial charge is 0.387 e. The average Bonchev–Trinajstić information content (AvgIpc) is 3.71. The normalized spacial score (nSPS) is 37.7. The van der Waals surface area contributed by atoms with Crippen LogP contribution in [0.15, 0.2) is 23.8 Å². The standard InChI is InChI=1S/C20H23N9O11P2S3/c21-14-8-16(25-3-23-14)28(5-27-8)18-11-9(30)6(37-18)1-35-42(34,44)40-12-10(31)7(2-36-41(33,43)39-11)38-19(12)29-17-13(45-20(29)32)15(22)24-4-26-17/h3-7,9-12,18-19,30-31H,1-2H2,(H,33,43)(H,34,44)(H2,21,23,25)(H2,22,24,26)/t6-,7-,9-,10-,11-,12-,18-,19-,41?,42?/m1/s1. The molecule has 242 valence electrons. The Balaban J connectivity index is 1.23. The molecule has 0 spiro atoms. The lowest BCUT2D eigenvalue weighted by Crippen LogP contribution is -2.38. The van der Waals surface area contributed by atoms with Crippen molar-refractivity contribution in [1.82, 2.24) is 34.1 Å². The van der Waals surface area contributed by atoms with Crippen LogP contribution in [0.4, 0.5) is 11.6 Å². The molecule has 4 aromatic heterocycles. The minimum atomic E-state index is -4.39. The Hall–Kier alpha value is -2.21. The Kier molecular flexibility index (Phi) is 8.02. The van der Waals surface area contributed by atoms with Crippen LogP contribution in [0.5, 0.6) is 0 Å². The van der Waals surface area contributed by atoms with Crippen LogP contribution in [0.3, 0.4) is 0 Å². The number of aliphatic hydroxyl groups excluding tert-OH is 2. The zero-order valence-corrected chi connectivity index (χ0v) is 26.6. The highest BCUT2D eigenvalue weighted by Crippen LogP contribution is 2.58. The number of thiazole rings is 1. The summed E-state index contributed by atoms with van der Waals surface area (Å²) >= 11 is 10.0. The number of imidazole rings is 1. The lowest BCUT2D eigenvalue weighted by Gasteiger charge is -2.27. The number of fused-ring (bicyclic) bond motifs is 6. The van der Waals surface area contributed by atoms with Gasteiger partial charge in [0.15, 0.2) is 29.6 Å². The number of hydrogen-bond acceptors (Lipinski definition) is 19. The van der Waals surface area contributed by atoms with Crippen LogP contribution in [0, 0.1) is 0 Å². The van der Waals surface area contributed by atoms with Crippen LogP contribution in [0.1, 0.15) is 12.5 Å². The molecule has 0 amide bonds. The van der Waals surface area contributed by atoms with Crippen molar-refractivity contribution >= 4 is 82.1 Å². The smallest absolute Gasteiger partial charge is 0.386 e. The number of anilines is 2. The zero-order valence-electron chi connectivity index (χ0n) is 22.3. The molecule has 3 aliphatic rings. The molecule has 10 atom stereocenters. The molecule has 0 saturated carbocycles. The van der Waals surface area contributed by atoms with Gasteiger partial charge in [-0.15, -0.1) is 0 Å². The van der Waals surface area contributed by atoms with Crippen LogP contribution in [-0.4, -0.2) is 99.0 Å². The van der Waals surface area contributed by atoms with Crippen molar-refractivity contribution in [3.63, 3.8) is 0 Å². The third-order valence-corrected chi connectivity index (χ3v) is 11.4. The maximum Gasteiger partial charge on any atom is 0.386 e. The molecule has 20 nitrogen and oxygen atoms in total. The number of thiol groups is 1. The number of aromatic nitrogens is 7. The summed E-state index contributed by atoms with van der Waals surface area (Å²) in [5.41, 5.74) is 12.3. The molecular weight excluding hydrogens is 700 g/mol. The topological polar surface area (TPSA) is 277 Å². The number of rotatable bonds is 2. The van der Waals surface area contributed by atoms with E-state index < -0.39 is 80.7 Å². The molecule has 0 radical (unpaired) electrons. The van der Waals surface area contributed by atoms with E-state index in [9.17, 15) is 24.5 Å². The predicted octanol–water partition coefficient (Wildman–Crippen LogP) is -0.554. The Morgan fingerprint density at radius 1 is 0.933 bits per heavy atom. The Bertz CT molecular complexity index is 1950. The van der Waals surface area contributed by atoms with Gasteiger partial charge in [-0.2, -0.15) is 0 Å². The number of nitrogens with two attached hydrogens (primary N) is 2. The van der Waals surface area contributed by atoms with E-state index in [4.69, 9.17) is 50.8 Å². The Labute approximate surface area is 265 Å². The van der Waals surface area contributed by atoms with E-state index >= 15 is 0 Å². The summed E-state index contributed by atoms with van der Waals surface area (Å²) in [6.45, 7) is -9.78. The van der Waals surface area contributed by atoms with Gasteiger partial charge in [-0.25, -0.2) is 29.5 Å². The molecular formula is C20H23N9O11P2S3. The first-order valence-corrected chi connectivity index (χ1v) is 19.0. The minimum absolute atomic E-state index is 0.0305. The molecule has 4 bridgehead atoms. The summed E-state index contributed by atoms with van der Waals surface area (Å²) in [4.78, 5) is 43.7. The highest BCUT2D eigenvalue weighted by atomic mass is 32.7. The Morgan fingerprint density at radius 3 is 2.29 bits per heavy atom. The summed E-state index contributed by atoms with van der Waals surface area (Å²) in [5.74, 6) is 0.111. The molecule has 25 heteroatoms. The van der Waals surface area contributed by atoms with E-state index in [1.54, 1.807) is 0 Å². The predicted molar refractivity (Wildman–Crippen MR) is 160 cm³/mol. The van der Waals surface area contributed by atoms with E-state index in [0.29, 0.717) is 0 Å². The summed E-state index contributed by atoms with van der Waals surface area (Å²) in [6.07, 6.45) is -7.69. The van der Waals surface area contributed by atoms with Gasteiger partial charge in [-0.1, -0.05) is 23.6 Å². The summed E-state index contributed by atoms with van der Waals surface area (Å²) < 4.78 is 50.5. The quantitative estimate of drug-likeness (QED) is 0.112. The van der Waals surface area contributed by atoms with Gasteiger partial charge in [0, 0.05) is 0 Å². The van der Waals surface area contributed by atoms with Crippen LogP contribution < -0.4 is 16.3 Å². The van der Waals surface area contributed by atoms with Gasteiger partial charge in [-0.05, 0) is 11.8 Å². The SMILES string of the molecule is Nc1ncnc2c1ncn2[C@@H]1O[C@@H]2COP(=O)(S)O[C@@H]3[C@H](O)[C@@H](COP(O)(=S)O[C@@H]1[C@@H]2O)O[C@H]3n1c(=O)sc2c(N)ncnc21. The van der Waals surface area contributed by atoms with Crippen LogP contribution in [-0.2, 0) is 43.9 Å². The summed E-state index contributed by atoms with van der Waals surface area (Å²) in [6, 6.07) is 0. The van der Waals surface area contributed by atoms with Crippen LogP contribution in [0.25, 0.3) is 21.5 Å². The van der Waals surface area contributed by atoms with Crippen molar-refractivity contribution in [1.29, 1.82) is 0 Å². The Morgan fingerprint density at radius 2 is 1.56 bits per heavy atom. The first-order chi connectivity index (χ1) is 21.3. The first kappa shape index (κ1) is 31.4. The monoisotopic (exact) mass is 723 g/mol. The highest BCUT2D eigenvalue weighted by molar-refractivity contribution is 8.44. The number of nitrogen functional groups attached to an aromatic ring is 2. The molecule has 7 rings (SSSR count). The van der Waals surface area contributed by atoms with Gasteiger partial charge >= 0.3 is 18.4 Å². The van der Waals surface area contributed by atoms with E-state index in [2.05, 4.69) is 37.2 Å². The van der Waals surface area contributed by atoms with Gasteiger partial charge in [0.1, 0.15) is 65.3 Å². The second kappa shape index (κ2) is 11.5. The van der Waals surface area contributed by atoms with Crippen molar-refractivity contribution in [3.05, 3.63) is 28.6 Å². The van der Waals surface area contributed by atoms with E-state index in [1.807, 2.05) is 0 Å². The molecule has 7 N–H and O–H groups in total. The fourth-order valence-electron chi connectivity index (χ4n) is 5.23. The number of nitrogens with zero attached hydrogens (tertiary/aromatic N) is 7. The molecule has 2 unspecified atom stereocenters. The highest BCUT2D eigenvalue weighted by Gasteiger charge is 2.53. The summed E-state index contributed by atoms with van der Waals surface area (Å²) in [5, 5.41) is 22.4. The third-order valence-electron chi connectivity index (χ3n) is 7.28. The van der Waals surface area contributed by atoms with Gasteiger partial charge in [-0.3, -0.25) is 27.5 Å². The number of aliphatic hydroxyl groups is 2. The van der Waals surface area contributed by atoms with Gasteiger partial charge in [0.05, 0.1) is 19.5 Å². The van der Waals surface area contributed by atoms with Gasteiger partial charge in [0.25, 0.3) is 0 Å². The van der Waals surface area contributed by atoms with Crippen molar-refractivity contribution in [2.45, 2.75) is 49.1 Å². The van der Waals surface area contributed by atoms with Gasteiger partial charge < -0.3 is 40.6 Å². The van der Waals surface area contributed by atoms with Crippen LogP contribution in [0.2, 0.25) is 0 Å². The molecule has 3 fully saturated rings. The van der Waals surface area contributed by atoms with E-state index in [-0.39, 0.29) is 33.1 Å². The fraction of sp³-hybridized carbons (Fsp3) is 0.500. The molecule has 0 aromatic carbocycles. The number of hydrogen-bond donors (Lipinski definition) is 6. The van der Waals surface area contributed by atoms with Gasteiger partial charge in [0.2, 0.25) is 0 Å². The van der Waals surface area contributed by atoms with E-state index in [1.165, 1.54) is 17.2 Å². The molecule has 45 heavy (non-hydrogen) atoms. The molecule has 7 heterocycles. The van der Waals surface area contributed by atoms with Crippen LogP contribution >= 0.6 is 37.1 Å². The molecule has 0 aliphatic carbocycles. The van der Waals surface area contributed by atoms with Crippen molar-refractivity contribution in [2.24, 2.45) is 0 Å². The lowest BCUT2D eigenvalue weighted by atomic mass is 10.1. The molecule has 3 saturated heterocycles. The van der Waals surface area contributed by atoms with Crippen molar-refractivity contribution in [2.75, 3.05) is 24.7 Å². The second-order valence-electron chi connectivity index (χ2n) is 10.0. The van der Waals surface area contributed by atoms with Crippen molar-refractivity contribution < 1.29 is 47.2 Å². The first-order valence-electron chi connectivity index (χ1n) is 12.9. The van der Waals surface area contributed by atoms with Crippen molar-refractivity contribution in [3.8, 4) is 0 Å². The third kappa shape index (κ3) is 5.59. The lowest BCUT2D eigenvalue weighted by molar-refractivity contribution is -0.0604. The maximum absolute atomic E-state index is 13.5. The zero-order chi connectivity index (χ0) is 31.8. The fourth-order valence-corrected chi connectivity index (χ4v) is 8.96. The molecule has 4 aromatic rings. The summed E-state index contributed by atoms with van der Waals surface area (Å²) in [7, 11) is 0. The minimum Gasteiger partial charge on any atom is -0.387 e. The molecule has 3 aliphatic heterocycles.